The first-order chi connectivity index (χ1) is 6.15. The van der Waals surface area contributed by atoms with Crippen molar-refractivity contribution in [3.8, 4) is 0 Å². The molecule has 0 spiro atoms. The molecule has 0 aliphatic heterocycles. The van der Waals surface area contributed by atoms with Gasteiger partial charge in [-0.2, -0.15) is 0 Å². The molecule has 1 atom stereocenters. The van der Waals surface area contributed by atoms with E-state index in [4.69, 9.17) is 5.73 Å². The summed E-state index contributed by atoms with van der Waals surface area (Å²) >= 11 is 0. The van der Waals surface area contributed by atoms with Gasteiger partial charge in [-0.1, -0.05) is 0 Å². The van der Waals surface area contributed by atoms with Crippen molar-refractivity contribution in [1.82, 2.24) is 4.90 Å². The Balaban J connectivity index is 3.90. The van der Waals surface area contributed by atoms with Crippen molar-refractivity contribution in [3.63, 3.8) is 0 Å². The van der Waals surface area contributed by atoms with Gasteiger partial charge in [0.2, 0.25) is 5.91 Å². The Hall–Kier alpha value is -0.420. The monoisotopic (exact) mass is 206 g/mol. The molecule has 0 aliphatic rings. The Labute approximate surface area is 81.9 Å². The Morgan fingerprint density at radius 3 is 2.31 bits per heavy atom. The summed E-state index contributed by atoms with van der Waals surface area (Å²) < 4.78 is 11.2. The van der Waals surface area contributed by atoms with Crippen LogP contribution in [0.15, 0.2) is 0 Å². The SMILES string of the molecule is CCN(CC)C(=O)CS(=O)CCN. The molecule has 2 N–H and O–H groups in total. The second-order valence-corrected chi connectivity index (χ2v) is 4.22. The number of hydrogen-bond acceptors (Lipinski definition) is 3. The number of carbonyl (C=O) groups excluding carboxylic acids is 1. The lowest BCUT2D eigenvalue weighted by molar-refractivity contribution is -0.128. The van der Waals surface area contributed by atoms with Gasteiger partial charge in [0.25, 0.3) is 0 Å². The van der Waals surface area contributed by atoms with Gasteiger partial charge < -0.3 is 10.6 Å². The first kappa shape index (κ1) is 12.6. The molecule has 78 valence electrons. The van der Waals surface area contributed by atoms with E-state index in [2.05, 4.69) is 0 Å². The summed E-state index contributed by atoms with van der Waals surface area (Å²) in [6, 6.07) is 0. The number of rotatable bonds is 6. The molecule has 0 bridgehead atoms. The van der Waals surface area contributed by atoms with Crippen molar-refractivity contribution in [3.05, 3.63) is 0 Å². The lowest BCUT2D eigenvalue weighted by Gasteiger charge is -2.17. The third-order valence-corrected chi connectivity index (χ3v) is 3.01. The van der Waals surface area contributed by atoms with Crippen LogP contribution in [0.4, 0.5) is 0 Å². The Morgan fingerprint density at radius 2 is 1.92 bits per heavy atom. The normalized spacial score (nSPS) is 12.5. The molecule has 0 saturated heterocycles. The van der Waals surface area contributed by atoms with E-state index < -0.39 is 10.8 Å². The van der Waals surface area contributed by atoms with Gasteiger partial charge in [0, 0.05) is 36.2 Å². The summed E-state index contributed by atoms with van der Waals surface area (Å²) in [5.41, 5.74) is 5.23. The van der Waals surface area contributed by atoms with Crippen LogP contribution in [0, 0.1) is 0 Å². The summed E-state index contributed by atoms with van der Waals surface area (Å²) in [4.78, 5) is 13.1. The molecule has 4 nitrogen and oxygen atoms in total. The lowest BCUT2D eigenvalue weighted by atomic mass is 10.5. The van der Waals surface area contributed by atoms with Gasteiger partial charge >= 0.3 is 0 Å². The van der Waals surface area contributed by atoms with Crippen molar-refractivity contribution in [1.29, 1.82) is 0 Å². The fourth-order valence-electron chi connectivity index (χ4n) is 1.01. The molecule has 0 aliphatic carbocycles. The lowest BCUT2D eigenvalue weighted by Crippen LogP contribution is -2.34. The Bertz CT molecular complexity index is 181. The zero-order chi connectivity index (χ0) is 10.3. The second-order valence-electron chi connectivity index (χ2n) is 2.64. The molecule has 1 amide bonds. The van der Waals surface area contributed by atoms with Gasteiger partial charge in [0.1, 0.15) is 5.75 Å². The highest BCUT2D eigenvalue weighted by Gasteiger charge is 2.12. The predicted octanol–water partition coefficient (Wildman–Crippen LogP) is -0.438. The Morgan fingerprint density at radius 1 is 1.38 bits per heavy atom. The van der Waals surface area contributed by atoms with Gasteiger partial charge in [-0.15, -0.1) is 0 Å². The van der Waals surface area contributed by atoms with E-state index in [1.54, 1.807) is 4.90 Å². The molecular weight excluding hydrogens is 188 g/mol. The first-order valence-corrected chi connectivity index (χ1v) is 5.97. The van der Waals surface area contributed by atoms with Gasteiger partial charge in [-0.25, -0.2) is 0 Å². The zero-order valence-corrected chi connectivity index (χ0v) is 9.10. The van der Waals surface area contributed by atoms with Gasteiger partial charge in [-0.05, 0) is 13.8 Å². The predicted molar refractivity (Wildman–Crippen MR) is 54.9 cm³/mol. The van der Waals surface area contributed by atoms with Crippen LogP contribution in [0.5, 0.6) is 0 Å². The van der Waals surface area contributed by atoms with Gasteiger partial charge in [0.05, 0.1) is 0 Å². The molecule has 1 unspecified atom stereocenters. The van der Waals surface area contributed by atoms with Crippen LogP contribution in [0.2, 0.25) is 0 Å². The summed E-state index contributed by atoms with van der Waals surface area (Å²) in [6.07, 6.45) is 0. The van der Waals surface area contributed by atoms with Crippen molar-refractivity contribution in [2.75, 3.05) is 31.1 Å². The second kappa shape index (κ2) is 7.03. The minimum absolute atomic E-state index is 0.0446. The van der Waals surface area contributed by atoms with Gasteiger partial charge in [0.15, 0.2) is 0 Å². The topological polar surface area (TPSA) is 63.4 Å². The van der Waals surface area contributed by atoms with Crippen molar-refractivity contribution in [2.45, 2.75) is 13.8 Å². The van der Waals surface area contributed by atoms with Gasteiger partial charge in [-0.3, -0.25) is 9.00 Å². The third kappa shape index (κ3) is 5.00. The van der Waals surface area contributed by atoms with E-state index >= 15 is 0 Å². The van der Waals surface area contributed by atoms with Crippen LogP contribution in [0.3, 0.4) is 0 Å². The smallest absolute Gasteiger partial charge is 0.235 e. The quantitative estimate of drug-likeness (QED) is 0.641. The fraction of sp³-hybridized carbons (Fsp3) is 0.875. The third-order valence-electron chi connectivity index (χ3n) is 1.75. The zero-order valence-electron chi connectivity index (χ0n) is 8.28. The van der Waals surface area contributed by atoms with Crippen molar-refractivity contribution < 1.29 is 9.00 Å². The average molecular weight is 206 g/mol. The first-order valence-electron chi connectivity index (χ1n) is 4.48. The van der Waals surface area contributed by atoms with E-state index in [1.165, 1.54) is 0 Å². The summed E-state index contributed by atoms with van der Waals surface area (Å²) in [5.74, 6) is 0.475. The molecule has 0 aromatic carbocycles. The molecular formula is C8H18N2O2S. The van der Waals surface area contributed by atoms with Crippen LogP contribution < -0.4 is 5.73 Å². The average Bonchev–Trinajstić information content (AvgIpc) is 2.06. The molecule has 0 saturated carbocycles. The number of hydrogen-bond donors (Lipinski definition) is 1. The molecule has 0 rings (SSSR count). The van der Waals surface area contributed by atoms with Crippen LogP contribution in [-0.2, 0) is 15.6 Å². The maximum Gasteiger partial charge on any atom is 0.235 e. The highest BCUT2D eigenvalue weighted by Crippen LogP contribution is 1.91. The van der Waals surface area contributed by atoms with Crippen LogP contribution >= 0.6 is 0 Å². The van der Waals surface area contributed by atoms with E-state index in [9.17, 15) is 9.00 Å². The van der Waals surface area contributed by atoms with Crippen LogP contribution in [0.1, 0.15) is 13.8 Å². The molecule has 0 fully saturated rings. The number of carbonyl (C=O) groups is 1. The summed E-state index contributed by atoms with van der Waals surface area (Å²) in [6.45, 7) is 5.54. The van der Waals surface area contributed by atoms with E-state index in [-0.39, 0.29) is 11.7 Å². The highest BCUT2D eigenvalue weighted by molar-refractivity contribution is 7.85. The standard InChI is InChI=1S/C8H18N2O2S/c1-3-10(4-2)8(11)7-13(12)6-5-9/h3-7,9H2,1-2H3. The number of nitrogens with two attached hydrogens (primary N) is 1. The summed E-state index contributed by atoms with van der Waals surface area (Å²) in [7, 11) is -1.09. The minimum Gasteiger partial charge on any atom is -0.342 e. The molecule has 13 heavy (non-hydrogen) atoms. The molecule has 0 heterocycles. The van der Waals surface area contributed by atoms with Crippen molar-refractivity contribution >= 4 is 16.7 Å². The molecule has 0 aromatic rings. The maximum atomic E-state index is 11.4. The largest absolute Gasteiger partial charge is 0.342 e. The number of nitrogens with zero attached hydrogens (tertiary/aromatic N) is 1. The molecule has 5 heteroatoms. The van der Waals surface area contributed by atoms with E-state index in [0.717, 1.165) is 0 Å². The Kier molecular flexibility index (Phi) is 6.80. The van der Waals surface area contributed by atoms with Crippen molar-refractivity contribution in [2.24, 2.45) is 5.73 Å². The van der Waals surface area contributed by atoms with E-state index in [0.29, 0.717) is 25.4 Å². The van der Waals surface area contributed by atoms with Crippen LogP contribution in [0.25, 0.3) is 0 Å². The molecule has 0 aromatic heterocycles. The van der Waals surface area contributed by atoms with Crippen LogP contribution in [-0.4, -0.2) is 46.2 Å². The van der Waals surface area contributed by atoms with E-state index in [1.807, 2.05) is 13.8 Å². The minimum atomic E-state index is -1.09. The fourth-order valence-corrected chi connectivity index (χ4v) is 1.87. The molecule has 0 radical (unpaired) electrons. The number of amides is 1. The summed E-state index contributed by atoms with van der Waals surface area (Å²) in [5, 5.41) is 0. The highest BCUT2D eigenvalue weighted by atomic mass is 32.2. The maximum absolute atomic E-state index is 11.4.